The van der Waals surface area contributed by atoms with E-state index in [9.17, 15) is 17.6 Å². The standard InChI is InChI=1S/C19H19FN4O3S2/c20-15-2-1-3-16-17(15)23-19(28-16)24-10-13(11-24)18(25)22-9-8-12-4-6-14(7-5-12)29(21,26)27/h1-7,13H,8-11H2,(H,22,25)(H2,21,26,27). The van der Waals surface area contributed by atoms with Crippen molar-refractivity contribution in [2.75, 3.05) is 24.5 Å². The number of fused-ring (bicyclic) bond motifs is 1. The van der Waals surface area contributed by atoms with Crippen molar-refractivity contribution in [1.82, 2.24) is 10.3 Å². The number of anilines is 1. The number of primary sulfonamides is 1. The van der Waals surface area contributed by atoms with Crippen LogP contribution in [0.15, 0.2) is 47.4 Å². The summed E-state index contributed by atoms with van der Waals surface area (Å²) in [6.07, 6.45) is 0.588. The van der Waals surface area contributed by atoms with Gasteiger partial charge in [0.25, 0.3) is 0 Å². The van der Waals surface area contributed by atoms with Gasteiger partial charge in [-0.25, -0.2) is 22.9 Å². The highest BCUT2D eigenvalue weighted by molar-refractivity contribution is 7.89. The lowest BCUT2D eigenvalue weighted by atomic mass is 10.00. The fourth-order valence-corrected chi connectivity index (χ4v) is 4.67. The Hall–Kier alpha value is -2.56. The first kappa shape index (κ1) is 19.7. The zero-order chi connectivity index (χ0) is 20.6. The monoisotopic (exact) mass is 434 g/mol. The fraction of sp³-hybridized carbons (Fsp3) is 0.263. The minimum atomic E-state index is -3.70. The number of rotatable bonds is 6. The van der Waals surface area contributed by atoms with Crippen LogP contribution in [0.3, 0.4) is 0 Å². The van der Waals surface area contributed by atoms with Gasteiger partial charge in [-0.3, -0.25) is 4.79 Å². The van der Waals surface area contributed by atoms with E-state index in [1.165, 1.54) is 29.5 Å². The van der Waals surface area contributed by atoms with Crippen LogP contribution in [-0.4, -0.2) is 38.9 Å². The summed E-state index contributed by atoms with van der Waals surface area (Å²) >= 11 is 1.42. The first-order chi connectivity index (χ1) is 13.8. The van der Waals surface area contributed by atoms with Crippen molar-refractivity contribution >= 4 is 42.6 Å². The van der Waals surface area contributed by atoms with Gasteiger partial charge in [0, 0.05) is 19.6 Å². The first-order valence-electron chi connectivity index (χ1n) is 9.01. The van der Waals surface area contributed by atoms with E-state index >= 15 is 0 Å². The molecule has 3 aromatic rings. The molecule has 1 saturated heterocycles. The third kappa shape index (κ3) is 4.24. The Morgan fingerprint density at radius 2 is 1.97 bits per heavy atom. The number of carbonyl (C=O) groups is 1. The molecule has 0 aliphatic carbocycles. The molecule has 0 atom stereocenters. The van der Waals surface area contributed by atoms with E-state index in [-0.39, 0.29) is 22.5 Å². The molecule has 2 aromatic carbocycles. The number of thiazole rings is 1. The number of halogens is 1. The molecule has 152 valence electrons. The van der Waals surface area contributed by atoms with Gasteiger partial charge in [-0.15, -0.1) is 0 Å². The van der Waals surface area contributed by atoms with E-state index < -0.39 is 10.0 Å². The predicted molar refractivity (Wildman–Crippen MR) is 110 cm³/mol. The molecule has 1 aliphatic rings. The number of amides is 1. The molecule has 0 unspecified atom stereocenters. The fourth-order valence-electron chi connectivity index (χ4n) is 3.16. The van der Waals surface area contributed by atoms with Crippen molar-refractivity contribution in [1.29, 1.82) is 0 Å². The summed E-state index contributed by atoms with van der Waals surface area (Å²) in [4.78, 5) is 18.7. The Kier molecular flexibility index (Phi) is 5.24. The van der Waals surface area contributed by atoms with Crippen molar-refractivity contribution in [2.24, 2.45) is 11.1 Å². The van der Waals surface area contributed by atoms with Gasteiger partial charge in [-0.1, -0.05) is 29.5 Å². The SMILES string of the molecule is NS(=O)(=O)c1ccc(CCNC(=O)C2CN(c3nc4c(F)cccc4s3)C2)cc1. The van der Waals surface area contributed by atoms with Crippen molar-refractivity contribution in [2.45, 2.75) is 11.3 Å². The van der Waals surface area contributed by atoms with Crippen molar-refractivity contribution in [3.8, 4) is 0 Å². The molecule has 29 heavy (non-hydrogen) atoms. The zero-order valence-electron chi connectivity index (χ0n) is 15.3. The molecule has 0 spiro atoms. The van der Waals surface area contributed by atoms with E-state index in [1.807, 2.05) is 11.0 Å². The molecule has 1 aliphatic heterocycles. The molecule has 3 N–H and O–H groups in total. The Morgan fingerprint density at radius 1 is 1.24 bits per heavy atom. The number of para-hydroxylation sites is 1. The van der Waals surface area contributed by atoms with E-state index in [0.717, 1.165) is 15.4 Å². The second-order valence-electron chi connectivity index (χ2n) is 6.91. The van der Waals surface area contributed by atoms with Crippen molar-refractivity contribution in [3.63, 3.8) is 0 Å². The highest BCUT2D eigenvalue weighted by Crippen LogP contribution is 2.33. The van der Waals surface area contributed by atoms with Crippen molar-refractivity contribution in [3.05, 3.63) is 53.8 Å². The average Bonchev–Trinajstić information content (AvgIpc) is 3.05. The Morgan fingerprint density at radius 3 is 2.62 bits per heavy atom. The predicted octanol–water partition coefficient (Wildman–Crippen LogP) is 1.88. The van der Waals surface area contributed by atoms with Gasteiger partial charge in [0.05, 0.1) is 15.5 Å². The highest BCUT2D eigenvalue weighted by Gasteiger charge is 2.34. The van der Waals surface area contributed by atoms with Crippen LogP contribution < -0.4 is 15.4 Å². The quantitative estimate of drug-likeness (QED) is 0.616. The summed E-state index contributed by atoms with van der Waals surface area (Å²) in [5, 5.41) is 8.70. The molecule has 7 nitrogen and oxygen atoms in total. The maximum atomic E-state index is 13.8. The highest BCUT2D eigenvalue weighted by atomic mass is 32.2. The summed E-state index contributed by atoms with van der Waals surface area (Å²) in [5.74, 6) is -0.497. The average molecular weight is 435 g/mol. The lowest BCUT2D eigenvalue weighted by Crippen LogP contribution is -2.54. The molecule has 0 radical (unpaired) electrons. The van der Waals surface area contributed by atoms with Crippen LogP contribution in [-0.2, 0) is 21.2 Å². The number of carbonyl (C=O) groups excluding carboxylic acids is 1. The summed E-state index contributed by atoms with van der Waals surface area (Å²) in [5.41, 5.74) is 1.28. The van der Waals surface area contributed by atoms with Gasteiger partial charge in [-0.2, -0.15) is 0 Å². The van der Waals surface area contributed by atoms with Crippen LogP contribution >= 0.6 is 11.3 Å². The van der Waals surface area contributed by atoms with Crippen LogP contribution in [0.5, 0.6) is 0 Å². The normalized spacial score (nSPS) is 14.8. The molecule has 1 amide bonds. The van der Waals surface area contributed by atoms with E-state index in [0.29, 0.717) is 31.6 Å². The molecule has 4 rings (SSSR count). The smallest absolute Gasteiger partial charge is 0.238 e. The lowest BCUT2D eigenvalue weighted by Gasteiger charge is -2.37. The maximum Gasteiger partial charge on any atom is 0.238 e. The van der Waals surface area contributed by atoms with Crippen LogP contribution in [0.2, 0.25) is 0 Å². The summed E-state index contributed by atoms with van der Waals surface area (Å²) in [6, 6.07) is 11.2. The number of aromatic nitrogens is 1. The molecule has 0 bridgehead atoms. The Balaban J connectivity index is 1.26. The van der Waals surface area contributed by atoms with Crippen molar-refractivity contribution < 1.29 is 17.6 Å². The van der Waals surface area contributed by atoms with Crippen LogP contribution in [0.25, 0.3) is 10.2 Å². The number of nitrogens with two attached hydrogens (primary N) is 1. The Bertz CT molecular complexity index is 1160. The Labute approximate surface area is 171 Å². The van der Waals surface area contributed by atoms with Crippen LogP contribution in [0, 0.1) is 11.7 Å². The van der Waals surface area contributed by atoms with Gasteiger partial charge in [0.1, 0.15) is 11.3 Å². The van der Waals surface area contributed by atoms with E-state index in [2.05, 4.69) is 10.3 Å². The third-order valence-corrected chi connectivity index (χ3v) is 6.86. The largest absolute Gasteiger partial charge is 0.355 e. The number of hydrogen-bond acceptors (Lipinski definition) is 6. The summed E-state index contributed by atoms with van der Waals surface area (Å²) < 4.78 is 37.1. The molecular formula is C19H19FN4O3S2. The summed E-state index contributed by atoms with van der Waals surface area (Å²) in [6.45, 7) is 1.56. The van der Waals surface area contributed by atoms with Crippen LogP contribution in [0.4, 0.5) is 9.52 Å². The number of benzene rings is 2. The summed E-state index contributed by atoms with van der Waals surface area (Å²) in [7, 11) is -3.70. The zero-order valence-corrected chi connectivity index (χ0v) is 17.0. The van der Waals surface area contributed by atoms with E-state index in [1.54, 1.807) is 18.2 Å². The number of hydrogen-bond donors (Lipinski definition) is 2. The number of nitrogens with zero attached hydrogens (tertiary/aromatic N) is 2. The lowest BCUT2D eigenvalue weighted by molar-refractivity contribution is -0.125. The van der Waals surface area contributed by atoms with E-state index in [4.69, 9.17) is 5.14 Å². The van der Waals surface area contributed by atoms with Gasteiger partial charge in [0.15, 0.2) is 5.13 Å². The molecule has 1 aromatic heterocycles. The second-order valence-corrected chi connectivity index (χ2v) is 9.49. The molecule has 10 heteroatoms. The van der Waals surface area contributed by atoms with Gasteiger partial charge in [-0.05, 0) is 36.2 Å². The van der Waals surface area contributed by atoms with Gasteiger partial charge >= 0.3 is 0 Å². The first-order valence-corrected chi connectivity index (χ1v) is 11.4. The number of nitrogens with one attached hydrogen (secondary N) is 1. The maximum absolute atomic E-state index is 13.8. The molecule has 0 saturated carbocycles. The minimum absolute atomic E-state index is 0.0327. The molecule has 1 fully saturated rings. The number of sulfonamides is 1. The third-order valence-electron chi connectivity index (χ3n) is 4.85. The topological polar surface area (TPSA) is 105 Å². The van der Waals surface area contributed by atoms with Gasteiger partial charge < -0.3 is 10.2 Å². The molecule has 2 heterocycles. The van der Waals surface area contributed by atoms with Crippen LogP contribution in [0.1, 0.15) is 5.56 Å². The van der Waals surface area contributed by atoms with Gasteiger partial charge in [0.2, 0.25) is 15.9 Å². The second kappa shape index (κ2) is 7.69. The molecular weight excluding hydrogens is 415 g/mol. The minimum Gasteiger partial charge on any atom is -0.355 e.